The summed E-state index contributed by atoms with van der Waals surface area (Å²) in [5.41, 5.74) is 2.07. The van der Waals surface area contributed by atoms with Crippen LogP contribution in [0.3, 0.4) is 0 Å². The molecule has 7 heteroatoms. The molecule has 0 unspecified atom stereocenters. The Labute approximate surface area is 163 Å². The van der Waals surface area contributed by atoms with Crippen LogP contribution in [0.5, 0.6) is 11.5 Å². The van der Waals surface area contributed by atoms with E-state index < -0.39 is 0 Å². The number of fused-ring (bicyclic) bond motifs is 1. The van der Waals surface area contributed by atoms with Crippen LogP contribution in [0.4, 0.5) is 11.5 Å². The molecule has 0 saturated heterocycles. The highest BCUT2D eigenvalue weighted by Crippen LogP contribution is 2.32. The van der Waals surface area contributed by atoms with E-state index in [-0.39, 0.29) is 5.91 Å². The molecule has 0 radical (unpaired) electrons. The fraction of sp³-hybridized carbons (Fsp3) is 0.190. The third-order valence-electron chi connectivity index (χ3n) is 4.34. The van der Waals surface area contributed by atoms with Gasteiger partial charge in [-0.15, -0.1) is 0 Å². The highest BCUT2D eigenvalue weighted by molar-refractivity contribution is 6.03. The Morgan fingerprint density at radius 3 is 2.64 bits per heavy atom. The number of nitrogens with zero attached hydrogens (tertiary/aromatic N) is 3. The van der Waals surface area contributed by atoms with Crippen LogP contribution in [0.15, 0.2) is 60.9 Å². The maximum absolute atomic E-state index is 12.6. The Morgan fingerprint density at radius 2 is 1.82 bits per heavy atom. The van der Waals surface area contributed by atoms with E-state index in [2.05, 4.69) is 15.3 Å². The molecule has 0 aliphatic carbocycles. The summed E-state index contributed by atoms with van der Waals surface area (Å²) < 4.78 is 11.0. The second kappa shape index (κ2) is 7.96. The summed E-state index contributed by atoms with van der Waals surface area (Å²) in [5.74, 6) is 1.66. The maximum atomic E-state index is 12.6. The number of hydrogen-bond acceptors (Lipinski definition) is 6. The Hall–Kier alpha value is -3.61. The number of ether oxygens (including phenoxy) is 2. The van der Waals surface area contributed by atoms with Crippen LogP contribution in [0, 0.1) is 0 Å². The summed E-state index contributed by atoms with van der Waals surface area (Å²) in [6, 6.07) is 17.0. The lowest BCUT2D eigenvalue weighted by atomic mass is 10.2. The molecule has 0 saturated carbocycles. The van der Waals surface area contributed by atoms with Crippen molar-refractivity contribution in [1.82, 2.24) is 9.97 Å². The van der Waals surface area contributed by atoms with Gasteiger partial charge in [-0.25, -0.2) is 9.97 Å². The summed E-state index contributed by atoms with van der Waals surface area (Å²) in [7, 11) is 1.93. The molecule has 0 atom stereocenters. The Bertz CT molecular complexity index is 978. The molecule has 4 rings (SSSR count). The van der Waals surface area contributed by atoms with Gasteiger partial charge >= 0.3 is 0 Å². The van der Waals surface area contributed by atoms with Crippen molar-refractivity contribution in [2.75, 3.05) is 30.5 Å². The minimum Gasteiger partial charge on any atom is -0.486 e. The van der Waals surface area contributed by atoms with Crippen LogP contribution >= 0.6 is 0 Å². The normalized spacial score (nSPS) is 12.3. The first-order valence-corrected chi connectivity index (χ1v) is 8.97. The van der Waals surface area contributed by atoms with Crippen LogP contribution in [-0.4, -0.2) is 36.1 Å². The molecular weight excluding hydrogens is 356 g/mol. The van der Waals surface area contributed by atoms with Crippen LogP contribution in [0.1, 0.15) is 16.1 Å². The highest BCUT2D eigenvalue weighted by Gasteiger charge is 2.15. The number of carbonyl (C=O) groups excluding carboxylic acids is 1. The smallest absolute Gasteiger partial charge is 0.274 e. The molecule has 0 bridgehead atoms. The average molecular weight is 376 g/mol. The fourth-order valence-corrected chi connectivity index (χ4v) is 2.93. The Morgan fingerprint density at radius 1 is 1.04 bits per heavy atom. The van der Waals surface area contributed by atoms with Gasteiger partial charge in [0.25, 0.3) is 5.91 Å². The first kappa shape index (κ1) is 17.8. The topological polar surface area (TPSA) is 76.6 Å². The maximum Gasteiger partial charge on any atom is 0.274 e. The minimum atomic E-state index is -0.312. The standard InChI is InChI=1S/C21H20N4O3/c1-25(13-15-5-3-2-4-6-15)20-12-17(22-14-23-20)21(26)24-16-7-8-18-19(11-16)28-10-9-27-18/h2-8,11-12,14H,9-10,13H2,1H3,(H,24,26). The Kier molecular flexibility index (Phi) is 5.05. The summed E-state index contributed by atoms with van der Waals surface area (Å²) >= 11 is 0. The second-order valence-corrected chi connectivity index (χ2v) is 6.42. The van der Waals surface area contributed by atoms with E-state index in [0.29, 0.717) is 48.5 Å². The molecule has 1 aliphatic rings. The molecule has 2 heterocycles. The van der Waals surface area contributed by atoms with E-state index in [9.17, 15) is 4.79 Å². The number of carbonyl (C=O) groups is 1. The van der Waals surface area contributed by atoms with Crippen molar-refractivity contribution in [2.45, 2.75) is 6.54 Å². The molecule has 1 aliphatic heterocycles. The largest absolute Gasteiger partial charge is 0.486 e. The lowest BCUT2D eigenvalue weighted by Crippen LogP contribution is -2.20. The molecule has 7 nitrogen and oxygen atoms in total. The van der Waals surface area contributed by atoms with E-state index in [4.69, 9.17) is 9.47 Å². The van der Waals surface area contributed by atoms with E-state index in [1.807, 2.05) is 42.3 Å². The molecule has 0 spiro atoms. The van der Waals surface area contributed by atoms with Gasteiger partial charge in [0.2, 0.25) is 0 Å². The van der Waals surface area contributed by atoms with Crippen LogP contribution in [0.2, 0.25) is 0 Å². The van der Waals surface area contributed by atoms with Crippen molar-refractivity contribution in [3.05, 3.63) is 72.2 Å². The van der Waals surface area contributed by atoms with Gasteiger partial charge < -0.3 is 19.7 Å². The fourth-order valence-electron chi connectivity index (χ4n) is 2.93. The van der Waals surface area contributed by atoms with Gasteiger partial charge in [-0.05, 0) is 17.7 Å². The van der Waals surface area contributed by atoms with E-state index in [1.54, 1.807) is 24.3 Å². The predicted octanol–water partition coefficient (Wildman–Crippen LogP) is 3.14. The zero-order valence-electron chi connectivity index (χ0n) is 15.5. The van der Waals surface area contributed by atoms with Gasteiger partial charge in [0.15, 0.2) is 11.5 Å². The second-order valence-electron chi connectivity index (χ2n) is 6.42. The number of anilines is 2. The molecule has 142 valence electrons. The highest BCUT2D eigenvalue weighted by atomic mass is 16.6. The molecule has 0 fully saturated rings. The number of nitrogens with one attached hydrogen (secondary N) is 1. The van der Waals surface area contributed by atoms with Crippen molar-refractivity contribution in [3.63, 3.8) is 0 Å². The summed E-state index contributed by atoms with van der Waals surface area (Å²) in [6.07, 6.45) is 1.40. The third-order valence-corrected chi connectivity index (χ3v) is 4.34. The zero-order valence-corrected chi connectivity index (χ0v) is 15.5. The lowest BCUT2D eigenvalue weighted by molar-refractivity contribution is 0.102. The third kappa shape index (κ3) is 4.03. The van der Waals surface area contributed by atoms with E-state index in [0.717, 1.165) is 5.56 Å². The average Bonchev–Trinajstić information content (AvgIpc) is 2.74. The number of aromatic nitrogens is 2. The van der Waals surface area contributed by atoms with Crippen molar-refractivity contribution < 1.29 is 14.3 Å². The van der Waals surface area contributed by atoms with Crippen LogP contribution < -0.4 is 19.7 Å². The monoisotopic (exact) mass is 376 g/mol. The first-order chi connectivity index (χ1) is 13.7. The molecule has 1 amide bonds. The lowest BCUT2D eigenvalue weighted by Gasteiger charge is -2.19. The molecule has 1 aromatic heterocycles. The van der Waals surface area contributed by atoms with Gasteiger partial charge in [0.1, 0.15) is 31.1 Å². The van der Waals surface area contributed by atoms with Gasteiger partial charge in [-0.2, -0.15) is 0 Å². The molecule has 1 N–H and O–H groups in total. The number of rotatable bonds is 5. The SMILES string of the molecule is CN(Cc1ccccc1)c1cc(C(=O)Nc2ccc3c(c2)OCCO3)ncn1. The quantitative estimate of drug-likeness (QED) is 0.737. The van der Waals surface area contributed by atoms with E-state index in [1.165, 1.54) is 6.33 Å². The van der Waals surface area contributed by atoms with Gasteiger partial charge in [-0.3, -0.25) is 4.79 Å². The van der Waals surface area contributed by atoms with Crippen LogP contribution in [0.25, 0.3) is 0 Å². The van der Waals surface area contributed by atoms with Crippen molar-refractivity contribution in [2.24, 2.45) is 0 Å². The Balaban J connectivity index is 1.47. The molecular formula is C21H20N4O3. The minimum absolute atomic E-state index is 0.291. The van der Waals surface area contributed by atoms with Crippen molar-refractivity contribution >= 4 is 17.4 Å². The number of benzene rings is 2. The summed E-state index contributed by atoms with van der Waals surface area (Å²) in [6.45, 7) is 1.70. The first-order valence-electron chi connectivity index (χ1n) is 8.97. The van der Waals surface area contributed by atoms with E-state index >= 15 is 0 Å². The predicted molar refractivity (Wildman–Crippen MR) is 106 cm³/mol. The van der Waals surface area contributed by atoms with Gasteiger partial charge in [0, 0.05) is 31.4 Å². The van der Waals surface area contributed by atoms with Crippen molar-refractivity contribution in [1.29, 1.82) is 0 Å². The van der Waals surface area contributed by atoms with Crippen LogP contribution in [-0.2, 0) is 6.54 Å². The summed E-state index contributed by atoms with van der Waals surface area (Å²) in [4.78, 5) is 23.0. The zero-order chi connectivity index (χ0) is 19.3. The van der Waals surface area contributed by atoms with Crippen molar-refractivity contribution in [3.8, 4) is 11.5 Å². The summed E-state index contributed by atoms with van der Waals surface area (Å²) in [5, 5.41) is 2.84. The number of amides is 1. The number of hydrogen-bond donors (Lipinski definition) is 1. The molecule has 28 heavy (non-hydrogen) atoms. The van der Waals surface area contributed by atoms with Gasteiger partial charge in [-0.1, -0.05) is 30.3 Å². The molecule has 3 aromatic rings. The molecule has 2 aromatic carbocycles. The van der Waals surface area contributed by atoms with Gasteiger partial charge in [0.05, 0.1) is 0 Å².